The molecule has 0 N–H and O–H groups in total. The van der Waals surface area contributed by atoms with E-state index in [0.29, 0.717) is 18.0 Å². The molecule has 0 aliphatic carbocycles. The lowest BCUT2D eigenvalue weighted by Crippen LogP contribution is -2.15. The number of aromatic nitrogens is 4. The van der Waals surface area contributed by atoms with Gasteiger partial charge in [0.2, 0.25) is 5.82 Å². The van der Waals surface area contributed by atoms with E-state index in [-0.39, 0.29) is 17.1 Å². The van der Waals surface area contributed by atoms with E-state index in [9.17, 15) is 13.2 Å². The minimum Gasteiger partial charge on any atom is -0.491 e. The van der Waals surface area contributed by atoms with Gasteiger partial charge in [-0.3, -0.25) is 9.97 Å². The van der Waals surface area contributed by atoms with E-state index in [4.69, 9.17) is 4.74 Å². The van der Waals surface area contributed by atoms with Gasteiger partial charge in [0.25, 0.3) is 0 Å². The highest BCUT2D eigenvalue weighted by Crippen LogP contribution is 2.34. The maximum atomic E-state index is 12.8. The minimum atomic E-state index is -4.73. The van der Waals surface area contributed by atoms with E-state index in [2.05, 4.69) is 24.6 Å². The van der Waals surface area contributed by atoms with E-state index >= 15 is 0 Å². The third kappa shape index (κ3) is 4.83. The third-order valence-electron chi connectivity index (χ3n) is 3.71. The highest BCUT2D eigenvalue weighted by Gasteiger charge is 2.38. The normalized spacial score (nSPS) is 11.8. The van der Waals surface area contributed by atoms with Crippen molar-refractivity contribution in [3.8, 4) is 28.5 Å². The van der Waals surface area contributed by atoms with Gasteiger partial charge in [0.15, 0.2) is 0 Å². The van der Waals surface area contributed by atoms with Crippen LogP contribution in [-0.4, -0.2) is 52.3 Å². The van der Waals surface area contributed by atoms with Gasteiger partial charge >= 0.3 is 12.1 Å². The van der Waals surface area contributed by atoms with Crippen LogP contribution in [0.5, 0.6) is 5.75 Å². The van der Waals surface area contributed by atoms with Crippen molar-refractivity contribution in [3.05, 3.63) is 42.5 Å². The summed E-state index contributed by atoms with van der Waals surface area (Å²) in [6.45, 7) is 1.16. The number of nitrogens with zero attached hydrogens (tertiary/aromatic N) is 5. The molecule has 3 heterocycles. The standard InChI is InChI=1S/C18H18F3N5O2/c1-26(2)8-5-9-27-15-11-23-14(13-6-3-4-7-22-13)10-12(15)16-24-17(28-25-16)18(19,20)21/h3-4,6-7,10-11H,5,8-9H2,1-2H3. The fourth-order valence-electron chi connectivity index (χ4n) is 2.40. The van der Waals surface area contributed by atoms with Crippen molar-refractivity contribution in [2.75, 3.05) is 27.2 Å². The van der Waals surface area contributed by atoms with Gasteiger partial charge in [0.05, 0.1) is 29.8 Å². The molecular weight excluding hydrogens is 375 g/mol. The summed E-state index contributed by atoms with van der Waals surface area (Å²) < 4.78 is 48.6. The van der Waals surface area contributed by atoms with Crippen LogP contribution in [0.2, 0.25) is 0 Å². The van der Waals surface area contributed by atoms with Crippen LogP contribution in [0, 0.1) is 0 Å². The number of halogens is 3. The van der Waals surface area contributed by atoms with Gasteiger partial charge in [-0.25, -0.2) is 0 Å². The number of hydrogen-bond acceptors (Lipinski definition) is 7. The molecule has 0 aromatic carbocycles. The summed E-state index contributed by atoms with van der Waals surface area (Å²) in [4.78, 5) is 14.0. The number of hydrogen-bond donors (Lipinski definition) is 0. The first kappa shape index (κ1) is 19.7. The fraction of sp³-hybridized carbons (Fsp3) is 0.333. The number of alkyl halides is 3. The number of ether oxygens (including phenoxy) is 1. The molecule has 0 unspecified atom stereocenters. The summed E-state index contributed by atoms with van der Waals surface area (Å²) >= 11 is 0. The predicted octanol–water partition coefficient (Wildman–Crippen LogP) is 3.54. The Bertz CT molecular complexity index is 913. The first-order valence-electron chi connectivity index (χ1n) is 8.45. The summed E-state index contributed by atoms with van der Waals surface area (Å²) in [5.74, 6) is -1.38. The molecule has 3 aromatic heterocycles. The van der Waals surface area contributed by atoms with E-state index in [0.717, 1.165) is 13.0 Å². The molecule has 3 aromatic rings. The summed E-state index contributed by atoms with van der Waals surface area (Å²) in [5, 5.41) is 3.46. The molecule has 3 rings (SSSR count). The maximum Gasteiger partial charge on any atom is 0.471 e. The van der Waals surface area contributed by atoms with Gasteiger partial charge in [0.1, 0.15) is 5.75 Å². The van der Waals surface area contributed by atoms with Crippen LogP contribution in [0.1, 0.15) is 12.3 Å². The van der Waals surface area contributed by atoms with Crippen molar-refractivity contribution in [1.29, 1.82) is 0 Å². The van der Waals surface area contributed by atoms with Gasteiger partial charge in [-0.15, -0.1) is 0 Å². The lowest BCUT2D eigenvalue weighted by Gasteiger charge is -2.12. The lowest BCUT2D eigenvalue weighted by atomic mass is 10.1. The second-order valence-electron chi connectivity index (χ2n) is 6.21. The smallest absolute Gasteiger partial charge is 0.471 e. The molecule has 0 saturated heterocycles. The zero-order chi connectivity index (χ0) is 20.1. The Labute approximate surface area is 159 Å². The molecule has 0 spiro atoms. The Kier molecular flexibility index (Phi) is 5.88. The monoisotopic (exact) mass is 393 g/mol. The van der Waals surface area contributed by atoms with Crippen molar-refractivity contribution in [2.24, 2.45) is 0 Å². The van der Waals surface area contributed by atoms with Crippen LogP contribution < -0.4 is 4.74 Å². The van der Waals surface area contributed by atoms with Gasteiger partial charge in [-0.05, 0) is 38.7 Å². The van der Waals surface area contributed by atoms with Crippen LogP contribution in [0.25, 0.3) is 22.8 Å². The largest absolute Gasteiger partial charge is 0.491 e. The van der Waals surface area contributed by atoms with Crippen LogP contribution in [0.15, 0.2) is 41.2 Å². The zero-order valence-corrected chi connectivity index (χ0v) is 15.3. The highest BCUT2D eigenvalue weighted by molar-refractivity contribution is 5.69. The van der Waals surface area contributed by atoms with Crippen molar-refractivity contribution < 1.29 is 22.4 Å². The van der Waals surface area contributed by atoms with Gasteiger partial charge in [-0.1, -0.05) is 11.2 Å². The molecule has 0 amide bonds. The maximum absolute atomic E-state index is 12.8. The second kappa shape index (κ2) is 8.34. The van der Waals surface area contributed by atoms with Crippen LogP contribution >= 0.6 is 0 Å². The third-order valence-corrected chi connectivity index (χ3v) is 3.71. The summed E-state index contributed by atoms with van der Waals surface area (Å²) in [6, 6.07) is 6.81. The van der Waals surface area contributed by atoms with Crippen LogP contribution in [0.4, 0.5) is 13.2 Å². The Hall–Kier alpha value is -3.01. The number of rotatable bonds is 7. The minimum absolute atomic E-state index is 0.227. The molecule has 0 bridgehead atoms. The van der Waals surface area contributed by atoms with E-state index in [1.165, 1.54) is 12.3 Å². The molecule has 7 nitrogen and oxygen atoms in total. The summed E-state index contributed by atoms with van der Waals surface area (Å²) in [6.07, 6.45) is -0.972. The molecule has 148 valence electrons. The Morgan fingerprint density at radius 3 is 2.61 bits per heavy atom. The molecular formula is C18H18F3N5O2. The van der Waals surface area contributed by atoms with Crippen molar-refractivity contribution >= 4 is 0 Å². The molecule has 0 radical (unpaired) electrons. The molecule has 10 heteroatoms. The van der Waals surface area contributed by atoms with E-state index < -0.39 is 12.1 Å². The average Bonchev–Trinajstić information content (AvgIpc) is 3.16. The zero-order valence-electron chi connectivity index (χ0n) is 15.3. The molecule has 0 aliphatic rings. The van der Waals surface area contributed by atoms with Gasteiger partial charge in [-0.2, -0.15) is 18.2 Å². The van der Waals surface area contributed by atoms with Crippen LogP contribution in [0.3, 0.4) is 0 Å². The second-order valence-corrected chi connectivity index (χ2v) is 6.21. The first-order valence-corrected chi connectivity index (χ1v) is 8.45. The average molecular weight is 393 g/mol. The van der Waals surface area contributed by atoms with Crippen molar-refractivity contribution in [3.63, 3.8) is 0 Å². The molecule has 0 fully saturated rings. The quantitative estimate of drug-likeness (QED) is 0.568. The Balaban J connectivity index is 1.94. The van der Waals surface area contributed by atoms with Crippen molar-refractivity contribution in [2.45, 2.75) is 12.6 Å². The summed E-state index contributed by atoms with van der Waals surface area (Å²) in [5.41, 5.74) is 1.26. The Morgan fingerprint density at radius 1 is 1.14 bits per heavy atom. The highest BCUT2D eigenvalue weighted by atomic mass is 19.4. The lowest BCUT2D eigenvalue weighted by molar-refractivity contribution is -0.159. The van der Waals surface area contributed by atoms with Gasteiger partial charge in [0, 0.05) is 12.7 Å². The topological polar surface area (TPSA) is 77.2 Å². The molecule has 0 aliphatic heterocycles. The predicted molar refractivity (Wildman–Crippen MR) is 94.4 cm³/mol. The molecule has 0 saturated carbocycles. The molecule has 0 atom stereocenters. The van der Waals surface area contributed by atoms with Crippen molar-refractivity contribution in [1.82, 2.24) is 25.0 Å². The fourth-order valence-corrected chi connectivity index (χ4v) is 2.40. The van der Waals surface area contributed by atoms with E-state index in [1.807, 2.05) is 19.0 Å². The summed E-state index contributed by atoms with van der Waals surface area (Å²) in [7, 11) is 3.87. The molecule has 28 heavy (non-hydrogen) atoms. The first-order chi connectivity index (χ1) is 13.3. The SMILES string of the molecule is CN(C)CCCOc1cnc(-c2ccccn2)cc1-c1noc(C(F)(F)F)n1. The van der Waals surface area contributed by atoms with Gasteiger partial charge < -0.3 is 14.2 Å². The van der Waals surface area contributed by atoms with Crippen LogP contribution in [-0.2, 0) is 6.18 Å². The Morgan fingerprint density at radius 2 is 1.96 bits per heavy atom. The van der Waals surface area contributed by atoms with E-state index in [1.54, 1.807) is 24.4 Å². The number of pyridine rings is 2.